The normalized spacial score (nSPS) is 11.3. The van der Waals surface area contributed by atoms with Gasteiger partial charge in [-0.3, -0.25) is 0 Å². The van der Waals surface area contributed by atoms with Crippen molar-refractivity contribution in [3.63, 3.8) is 0 Å². The van der Waals surface area contributed by atoms with Crippen LogP contribution in [0.4, 0.5) is 17.1 Å². The molecule has 0 radical (unpaired) electrons. The van der Waals surface area contributed by atoms with Crippen LogP contribution in [0.3, 0.4) is 0 Å². The molecular formula is C52H35NS. The lowest BCUT2D eigenvalue weighted by molar-refractivity contribution is 1.30. The molecule has 0 saturated carbocycles. The van der Waals surface area contributed by atoms with Gasteiger partial charge in [-0.25, -0.2) is 0 Å². The fraction of sp³-hybridized carbons (Fsp3) is 0. The average Bonchev–Trinajstić information content (AvgIpc) is 3.64. The molecule has 0 unspecified atom stereocenters. The second-order valence-corrected chi connectivity index (χ2v) is 14.7. The second kappa shape index (κ2) is 13.7. The minimum absolute atomic E-state index is 1.11. The fourth-order valence-electron chi connectivity index (χ4n) is 7.82. The number of nitrogens with zero attached hydrogens (tertiary/aromatic N) is 1. The van der Waals surface area contributed by atoms with Crippen molar-refractivity contribution < 1.29 is 0 Å². The third-order valence-corrected chi connectivity index (χ3v) is 11.7. The van der Waals surface area contributed by atoms with E-state index in [1.165, 1.54) is 75.5 Å². The highest BCUT2D eigenvalue weighted by Gasteiger charge is 2.21. The number of hydrogen-bond donors (Lipinski definition) is 0. The molecule has 0 N–H and O–H groups in total. The lowest BCUT2D eigenvalue weighted by Gasteiger charge is -2.27. The number of thiophene rings is 1. The number of benzene rings is 9. The zero-order valence-electron chi connectivity index (χ0n) is 29.6. The van der Waals surface area contributed by atoms with Crippen molar-refractivity contribution in [1.29, 1.82) is 0 Å². The summed E-state index contributed by atoms with van der Waals surface area (Å²) in [4.78, 5) is 2.45. The molecule has 0 aliphatic rings. The minimum Gasteiger partial charge on any atom is -0.309 e. The molecule has 0 aliphatic heterocycles. The molecule has 0 saturated heterocycles. The molecule has 1 heterocycles. The molecule has 0 bridgehead atoms. The molecule has 0 atom stereocenters. The van der Waals surface area contributed by atoms with Crippen LogP contribution in [-0.2, 0) is 0 Å². The molecule has 9 aromatic carbocycles. The van der Waals surface area contributed by atoms with Gasteiger partial charge in [-0.2, -0.15) is 0 Å². The lowest BCUT2D eigenvalue weighted by Crippen LogP contribution is -2.10. The van der Waals surface area contributed by atoms with Gasteiger partial charge in [0.2, 0.25) is 0 Å². The Morgan fingerprint density at radius 1 is 0.296 bits per heavy atom. The van der Waals surface area contributed by atoms with Crippen molar-refractivity contribution in [3.8, 4) is 44.5 Å². The molecule has 1 aromatic heterocycles. The lowest BCUT2D eigenvalue weighted by atomic mass is 9.97. The van der Waals surface area contributed by atoms with Crippen LogP contribution in [0.15, 0.2) is 212 Å². The summed E-state index contributed by atoms with van der Waals surface area (Å²) in [5, 5.41) is 5.06. The van der Waals surface area contributed by atoms with E-state index in [-0.39, 0.29) is 0 Å². The standard InChI is InChI=1S/C52H35NS/c1-4-14-36(15-5-1)38-26-30-43(31-27-38)53(44-32-28-41(29-33-44)46-23-12-21-39-20-10-11-22-45(39)46)50-35-42(37-16-6-2-7-17-37)34-49-48-25-13-24-47(51(48)54-52(49)50)40-18-8-3-9-19-40/h1-35H. The number of anilines is 3. The van der Waals surface area contributed by atoms with Gasteiger partial charge < -0.3 is 4.90 Å². The van der Waals surface area contributed by atoms with Gasteiger partial charge in [0.15, 0.2) is 0 Å². The highest BCUT2D eigenvalue weighted by molar-refractivity contribution is 7.27. The topological polar surface area (TPSA) is 3.24 Å². The van der Waals surface area contributed by atoms with E-state index in [4.69, 9.17) is 0 Å². The van der Waals surface area contributed by atoms with Crippen LogP contribution in [0.25, 0.3) is 75.5 Å². The quantitative estimate of drug-likeness (QED) is 0.160. The van der Waals surface area contributed by atoms with E-state index in [9.17, 15) is 0 Å². The first-order valence-electron chi connectivity index (χ1n) is 18.4. The predicted octanol–water partition coefficient (Wildman–Crippen LogP) is 15.3. The highest BCUT2D eigenvalue weighted by atomic mass is 32.1. The third kappa shape index (κ3) is 5.74. The average molecular weight is 706 g/mol. The van der Waals surface area contributed by atoms with Crippen molar-refractivity contribution in [3.05, 3.63) is 212 Å². The molecule has 254 valence electrons. The third-order valence-electron chi connectivity index (χ3n) is 10.5. The maximum absolute atomic E-state index is 2.45. The van der Waals surface area contributed by atoms with Crippen LogP contribution in [-0.4, -0.2) is 0 Å². The zero-order chi connectivity index (χ0) is 35.8. The van der Waals surface area contributed by atoms with Crippen molar-refractivity contribution in [1.82, 2.24) is 0 Å². The van der Waals surface area contributed by atoms with Crippen LogP contribution in [0.2, 0.25) is 0 Å². The molecule has 0 amide bonds. The summed E-state index contributed by atoms with van der Waals surface area (Å²) in [5.74, 6) is 0. The first-order chi connectivity index (χ1) is 26.8. The number of rotatable bonds is 7. The molecule has 0 aliphatic carbocycles. The molecule has 10 rings (SSSR count). The monoisotopic (exact) mass is 705 g/mol. The Kier molecular flexibility index (Phi) is 8.09. The molecule has 1 nitrogen and oxygen atoms in total. The maximum atomic E-state index is 2.45. The van der Waals surface area contributed by atoms with Gasteiger partial charge in [-0.15, -0.1) is 11.3 Å². The summed E-state index contributed by atoms with van der Waals surface area (Å²) >= 11 is 1.89. The van der Waals surface area contributed by atoms with Gasteiger partial charge >= 0.3 is 0 Å². The van der Waals surface area contributed by atoms with Crippen LogP contribution >= 0.6 is 11.3 Å². The van der Waals surface area contributed by atoms with E-state index in [1.807, 2.05) is 11.3 Å². The van der Waals surface area contributed by atoms with E-state index < -0.39 is 0 Å². The Morgan fingerprint density at radius 2 is 0.778 bits per heavy atom. The van der Waals surface area contributed by atoms with Gasteiger partial charge in [0, 0.05) is 26.8 Å². The molecule has 0 spiro atoms. The highest BCUT2D eigenvalue weighted by Crippen LogP contribution is 2.49. The summed E-state index contributed by atoms with van der Waals surface area (Å²) in [5.41, 5.74) is 13.1. The van der Waals surface area contributed by atoms with E-state index in [0.717, 1.165) is 17.1 Å². The molecule has 54 heavy (non-hydrogen) atoms. The Labute approximate surface area is 319 Å². The molecule has 0 fully saturated rings. The molecule has 2 heteroatoms. The van der Waals surface area contributed by atoms with Crippen molar-refractivity contribution in [2.45, 2.75) is 0 Å². The van der Waals surface area contributed by atoms with Gasteiger partial charge in [-0.1, -0.05) is 176 Å². The van der Waals surface area contributed by atoms with Gasteiger partial charge in [0.25, 0.3) is 0 Å². The number of hydrogen-bond acceptors (Lipinski definition) is 2. The summed E-state index contributed by atoms with van der Waals surface area (Å²) in [6.07, 6.45) is 0. The summed E-state index contributed by atoms with van der Waals surface area (Å²) in [7, 11) is 0. The Hall–Kier alpha value is -6.74. The predicted molar refractivity (Wildman–Crippen MR) is 233 cm³/mol. The zero-order valence-corrected chi connectivity index (χ0v) is 30.4. The first-order valence-corrected chi connectivity index (χ1v) is 19.2. The van der Waals surface area contributed by atoms with E-state index in [0.29, 0.717) is 0 Å². The van der Waals surface area contributed by atoms with Gasteiger partial charge in [-0.05, 0) is 91.7 Å². The van der Waals surface area contributed by atoms with Crippen LogP contribution in [0.5, 0.6) is 0 Å². The Bertz CT molecular complexity index is 2890. The molecule has 10 aromatic rings. The van der Waals surface area contributed by atoms with Gasteiger partial charge in [0.1, 0.15) is 0 Å². The smallest absolute Gasteiger partial charge is 0.0646 e. The Morgan fingerprint density at radius 3 is 1.46 bits per heavy atom. The van der Waals surface area contributed by atoms with Crippen LogP contribution in [0.1, 0.15) is 0 Å². The maximum Gasteiger partial charge on any atom is 0.0646 e. The summed E-state index contributed by atoms with van der Waals surface area (Å²) < 4.78 is 2.56. The van der Waals surface area contributed by atoms with E-state index in [1.54, 1.807) is 0 Å². The van der Waals surface area contributed by atoms with Crippen molar-refractivity contribution >= 4 is 59.3 Å². The van der Waals surface area contributed by atoms with Gasteiger partial charge in [0.05, 0.1) is 10.4 Å². The van der Waals surface area contributed by atoms with Crippen molar-refractivity contribution in [2.24, 2.45) is 0 Å². The SMILES string of the molecule is c1ccc(-c2ccc(N(c3ccc(-c4cccc5ccccc45)cc3)c3cc(-c4ccccc4)cc4c3sc3c(-c5ccccc5)cccc34)cc2)cc1. The Balaban J connectivity index is 1.21. The van der Waals surface area contributed by atoms with Crippen LogP contribution in [0, 0.1) is 0 Å². The van der Waals surface area contributed by atoms with Crippen LogP contribution < -0.4 is 4.90 Å². The second-order valence-electron chi connectivity index (χ2n) is 13.7. The summed E-state index contributed by atoms with van der Waals surface area (Å²) in [6, 6.07) is 77.1. The largest absolute Gasteiger partial charge is 0.309 e. The van der Waals surface area contributed by atoms with Crippen molar-refractivity contribution in [2.75, 3.05) is 4.90 Å². The molecular weight excluding hydrogens is 671 g/mol. The van der Waals surface area contributed by atoms with E-state index >= 15 is 0 Å². The number of fused-ring (bicyclic) bond motifs is 4. The fourth-order valence-corrected chi connectivity index (χ4v) is 9.14. The first kappa shape index (κ1) is 32.0. The summed E-state index contributed by atoms with van der Waals surface area (Å²) in [6.45, 7) is 0. The van der Waals surface area contributed by atoms with E-state index in [2.05, 4.69) is 217 Å². The minimum atomic E-state index is 1.11.